The minimum Gasteiger partial charge on any atom is -0.475 e. The predicted octanol–water partition coefficient (Wildman–Crippen LogP) is 6.59. The van der Waals surface area contributed by atoms with Crippen LogP contribution in [0.1, 0.15) is 46.4 Å². The van der Waals surface area contributed by atoms with Crippen molar-refractivity contribution in [1.29, 1.82) is 0 Å². The Bertz CT molecular complexity index is 2070. The quantitative estimate of drug-likeness (QED) is 0.149. The summed E-state index contributed by atoms with van der Waals surface area (Å²) in [7, 11) is 0. The molecule has 2 fully saturated rings. The molecule has 26 heteroatoms. The lowest BCUT2D eigenvalue weighted by Crippen LogP contribution is -2.59. The summed E-state index contributed by atoms with van der Waals surface area (Å²) in [6.07, 6.45) is -6.27. The fraction of sp³-hybridized carbons (Fsp3) is 0.514. The molecule has 336 valence electrons. The number of pyridine rings is 2. The van der Waals surface area contributed by atoms with Crippen LogP contribution in [0, 0.1) is 5.41 Å². The van der Waals surface area contributed by atoms with Gasteiger partial charge < -0.3 is 44.4 Å². The van der Waals surface area contributed by atoms with Crippen LogP contribution in [0.25, 0.3) is 22.8 Å². The highest BCUT2D eigenvalue weighted by Gasteiger charge is 2.40. The maximum absolute atomic E-state index is 11.6. The second-order valence-corrected chi connectivity index (χ2v) is 14.8. The van der Waals surface area contributed by atoms with E-state index in [0.29, 0.717) is 77.3 Å². The third kappa shape index (κ3) is 14.6. The van der Waals surface area contributed by atoms with Crippen molar-refractivity contribution in [2.75, 3.05) is 55.6 Å². The molecule has 0 aliphatic carbocycles. The van der Waals surface area contributed by atoms with Crippen LogP contribution in [0.5, 0.6) is 0 Å². The second kappa shape index (κ2) is 21.3. The van der Waals surface area contributed by atoms with Crippen molar-refractivity contribution in [1.82, 2.24) is 40.5 Å². The van der Waals surface area contributed by atoms with Gasteiger partial charge in [0.05, 0.1) is 16.1 Å². The molecule has 6 heterocycles. The maximum Gasteiger partial charge on any atom is 0.490 e. The summed E-state index contributed by atoms with van der Waals surface area (Å²) in [6.45, 7) is 15.2. The first-order valence-corrected chi connectivity index (χ1v) is 18.9. The maximum atomic E-state index is 11.6. The largest absolute Gasteiger partial charge is 0.490 e. The molecule has 18 nitrogen and oxygen atoms in total. The standard InChI is InChI=1S/C18H24ClN5O3.C13H16ClN5O.2C2HF3O2/c1-5-14-21-15(22-27-14)11-8-12(19)16(20-9-11)23-6-7-24(17(25)26)13(10-23)18(2,3)4;1-2-11-17-12(18-20-11)9-7-10(14)13(16-8-9)19-5-3-15-4-6-19;2*3-2(4,5)1(6)7/h8-9,13H,5-7,10H2,1-4H3,(H,25,26);7-8,15H,2-6H2,1H3;2*(H,6,7). The van der Waals surface area contributed by atoms with Gasteiger partial charge >= 0.3 is 30.4 Å². The number of halogens is 8. The zero-order valence-electron chi connectivity index (χ0n) is 33.2. The van der Waals surface area contributed by atoms with Gasteiger partial charge in [-0.2, -0.15) is 36.3 Å². The zero-order valence-corrected chi connectivity index (χ0v) is 34.7. The number of rotatable bonds is 6. The first-order chi connectivity index (χ1) is 28.4. The van der Waals surface area contributed by atoms with E-state index in [1.807, 2.05) is 45.6 Å². The molecule has 2 aliphatic heterocycles. The lowest BCUT2D eigenvalue weighted by molar-refractivity contribution is -0.193. The van der Waals surface area contributed by atoms with Crippen LogP contribution in [0.2, 0.25) is 10.0 Å². The van der Waals surface area contributed by atoms with Crippen LogP contribution in [0.15, 0.2) is 33.6 Å². The molecule has 4 aromatic heterocycles. The van der Waals surface area contributed by atoms with E-state index in [1.165, 1.54) is 4.90 Å². The van der Waals surface area contributed by atoms with E-state index in [9.17, 15) is 36.2 Å². The smallest absolute Gasteiger partial charge is 0.475 e. The Hall–Kier alpha value is -5.49. The van der Waals surface area contributed by atoms with E-state index in [0.717, 1.165) is 37.6 Å². The third-order valence-corrected chi connectivity index (χ3v) is 9.08. The van der Waals surface area contributed by atoms with Gasteiger partial charge in [0.1, 0.15) is 11.6 Å². The number of nitrogens with one attached hydrogen (secondary N) is 1. The lowest BCUT2D eigenvalue weighted by atomic mass is 9.84. The van der Waals surface area contributed by atoms with Crippen molar-refractivity contribution in [2.24, 2.45) is 5.41 Å². The third-order valence-electron chi connectivity index (χ3n) is 8.53. The highest BCUT2D eigenvalue weighted by molar-refractivity contribution is 6.33. The van der Waals surface area contributed by atoms with E-state index in [4.69, 9.17) is 52.1 Å². The molecule has 0 bridgehead atoms. The van der Waals surface area contributed by atoms with E-state index >= 15 is 0 Å². The molecule has 2 saturated heterocycles. The summed E-state index contributed by atoms with van der Waals surface area (Å²) in [5.41, 5.74) is 1.26. The number of hydrogen-bond acceptors (Lipinski definition) is 14. The first-order valence-electron chi connectivity index (χ1n) is 18.1. The second-order valence-electron chi connectivity index (χ2n) is 13.9. The summed E-state index contributed by atoms with van der Waals surface area (Å²) >= 11 is 12.8. The Labute approximate surface area is 353 Å². The molecule has 2 aliphatic rings. The molecule has 4 aromatic rings. The lowest BCUT2D eigenvalue weighted by Gasteiger charge is -2.46. The molecule has 0 aromatic carbocycles. The minimum absolute atomic E-state index is 0.161. The molecule has 0 spiro atoms. The molecule has 1 unspecified atom stereocenters. The molecule has 4 N–H and O–H groups in total. The van der Waals surface area contributed by atoms with Gasteiger partial charge in [0.25, 0.3) is 0 Å². The van der Waals surface area contributed by atoms with Crippen LogP contribution < -0.4 is 15.1 Å². The average Bonchev–Trinajstić information content (AvgIpc) is 3.88. The molecule has 61 heavy (non-hydrogen) atoms. The predicted molar refractivity (Wildman–Crippen MR) is 206 cm³/mol. The molecular formula is C35H42Cl2F6N10O8. The summed E-state index contributed by atoms with van der Waals surface area (Å²) < 4.78 is 73.7. The van der Waals surface area contributed by atoms with E-state index in [1.54, 1.807) is 18.5 Å². The number of carboxylic acid groups (broad SMARTS) is 3. The van der Waals surface area contributed by atoms with Gasteiger partial charge in [0.15, 0.2) is 0 Å². The van der Waals surface area contributed by atoms with Crippen LogP contribution >= 0.6 is 23.2 Å². The minimum atomic E-state index is -5.08. The Kier molecular flexibility index (Phi) is 17.5. The van der Waals surface area contributed by atoms with Gasteiger partial charge in [-0.1, -0.05) is 68.1 Å². The molecule has 1 atom stereocenters. The fourth-order valence-corrected chi connectivity index (χ4v) is 6.00. The van der Waals surface area contributed by atoms with Crippen molar-refractivity contribution in [3.8, 4) is 22.8 Å². The van der Waals surface area contributed by atoms with Crippen molar-refractivity contribution in [3.63, 3.8) is 0 Å². The normalized spacial score (nSPS) is 15.7. The number of amides is 1. The summed E-state index contributed by atoms with van der Waals surface area (Å²) in [4.78, 5) is 52.6. The first kappa shape index (κ1) is 49.9. The number of anilines is 2. The van der Waals surface area contributed by atoms with Gasteiger partial charge in [0, 0.05) is 82.2 Å². The Morgan fingerprint density at radius 3 is 1.48 bits per heavy atom. The van der Waals surface area contributed by atoms with E-state index in [2.05, 4.69) is 40.5 Å². The molecule has 0 saturated carbocycles. The number of aromatic nitrogens is 6. The number of carbonyl (C=O) groups is 3. The number of aliphatic carboxylic acids is 2. The fourth-order valence-electron chi connectivity index (χ4n) is 5.43. The van der Waals surface area contributed by atoms with Crippen molar-refractivity contribution >= 4 is 52.9 Å². The summed E-state index contributed by atoms with van der Waals surface area (Å²) in [6, 6.07) is 3.45. The highest BCUT2D eigenvalue weighted by atomic mass is 35.5. The van der Waals surface area contributed by atoms with E-state index < -0.39 is 30.4 Å². The summed E-state index contributed by atoms with van der Waals surface area (Å²) in [5, 5.41) is 36.0. The van der Waals surface area contributed by atoms with Gasteiger partial charge in [0.2, 0.25) is 23.4 Å². The number of piperazine rings is 2. The molecular weight excluding hydrogens is 873 g/mol. The van der Waals surface area contributed by atoms with Crippen LogP contribution in [0.3, 0.4) is 0 Å². The molecule has 1 amide bonds. The highest BCUT2D eigenvalue weighted by Crippen LogP contribution is 2.34. The monoisotopic (exact) mass is 914 g/mol. The van der Waals surface area contributed by atoms with Crippen LogP contribution in [0.4, 0.5) is 42.8 Å². The number of alkyl halides is 6. The molecule has 6 rings (SSSR count). The van der Waals surface area contributed by atoms with Crippen LogP contribution in [-0.4, -0.2) is 133 Å². The van der Waals surface area contributed by atoms with Gasteiger partial charge in [-0.3, -0.25) is 0 Å². The number of nitrogens with zero attached hydrogens (tertiary/aromatic N) is 9. The number of carboxylic acids is 2. The van der Waals surface area contributed by atoms with Gasteiger partial charge in [-0.15, -0.1) is 0 Å². The Balaban J connectivity index is 0.000000254. The molecule has 0 radical (unpaired) electrons. The van der Waals surface area contributed by atoms with Crippen molar-refractivity contribution in [3.05, 3.63) is 46.4 Å². The van der Waals surface area contributed by atoms with E-state index in [-0.39, 0.29) is 11.5 Å². The van der Waals surface area contributed by atoms with Crippen molar-refractivity contribution < 1.29 is 65.1 Å². The van der Waals surface area contributed by atoms with Crippen LogP contribution in [-0.2, 0) is 22.4 Å². The van der Waals surface area contributed by atoms with Crippen molar-refractivity contribution in [2.45, 2.75) is 65.9 Å². The SMILES string of the molecule is CCc1nc(-c2cnc(N3CCN(C(=O)O)C(C(C)(C)C)C3)c(Cl)c2)no1.CCc1nc(-c2cnc(N3CCNCC3)c(Cl)c2)no1.O=C(O)C(F)(F)F.O=C(O)C(F)(F)F. The Morgan fingerprint density at radius 2 is 1.15 bits per heavy atom. The zero-order chi connectivity index (χ0) is 45.9. The average molecular weight is 916 g/mol. The topological polar surface area (TPSA) is 237 Å². The van der Waals surface area contributed by atoms with Gasteiger partial charge in [-0.25, -0.2) is 24.4 Å². The number of aryl methyl sites for hydroxylation is 2. The van der Waals surface area contributed by atoms with Gasteiger partial charge in [-0.05, 0) is 17.5 Å². The Morgan fingerprint density at radius 1 is 0.738 bits per heavy atom. The number of hydrogen-bond donors (Lipinski definition) is 4. The summed E-state index contributed by atoms with van der Waals surface area (Å²) in [5.74, 6) is -1.90.